The fourth-order valence-electron chi connectivity index (χ4n) is 3.12. The lowest BCUT2D eigenvalue weighted by molar-refractivity contribution is -0.134. The monoisotopic (exact) mass is 381 g/mol. The molecule has 2 aromatic rings. The SMILES string of the molecule is Cc1cccc(C)c1NC(=O)CN(C)C(=O)CN(C)CCCc1ccccc1. The Bertz CT molecular complexity index is 769. The zero-order valence-corrected chi connectivity index (χ0v) is 17.4. The molecule has 0 aliphatic heterocycles. The van der Waals surface area contributed by atoms with E-state index in [1.807, 2.05) is 62.2 Å². The Kier molecular flexibility index (Phi) is 8.20. The summed E-state index contributed by atoms with van der Waals surface area (Å²) in [5.41, 5.74) is 4.16. The van der Waals surface area contributed by atoms with Crippen molar-refractivity contribution in [1.82, 2.24) is 9.80 Å². The van der Waals surface area contributed by atoms with Crippen molar-refractivity contribution in [3.63, 3.8) is 0 Å². The summed E-state index contributed by atoms with van der Waals surface area (Å²) in [6.07, 6.45) is 1.98. The molecule has 0 saturated carbocycles. The van der Waals surface area contributed by atoms with Crippen LogP contribution in [0.4, 0.5) is 5.69 Å². The summed E-state index contributed by atoms with van der Waals surface area (Å²) in [6, 6.07) is 16.2. The molecule has 5 heteroatoms. The second-order valence-electron chi connectivity index (χ2n) is 7.39. The number of carbonyl (C=O) groups is 2. The van der Waals surface area contributed by atoms with Gasteiger partial charge >= 0.3 is 0 Å². The highest BCUT2D eigenvalue weighted by atomic mass is 16.2. The molecule has 0 radical (unpaired) electrons. The third kappa shape index (κ3) is 6.82. The molecule has 0 aliphatic rings. The average Bonchev–Trinajstić information content (AvgIpc) is 2.65. The molecule has 0 fully saturated rings. The number of carbonyl (C=O) groups excluding carboxylic acids is 2. The predicted octanol–water partition coefficient (Wildman–Crippen LogP) is 3.26. The molecule has 28 heavy (non-hydrogen) atoms. The lowest BCUT2D eigenvalue weighted by Gasteiger charge is -2.22. The quantitative estimate of drug-likeness (QED) is 0.725. The van der Waals surface area contributed by atoms with Crippen LogP contribution < -0.4 is 5.32 Å². The molecule has 0 unspecified atom stereocenters. The largest absolute Gasteiger partial charge is 0.335 e. The van der Waals surface area contributed by atoms with Gasteiger partial charge < -0.3 is 10.2 Å². The molecule has 0 saturated heterocycles. The molecule has 0 bridgehead atoms. The van der Waals surface area contributed by atoms with E-state index in [9.17, 15) is 9.59 Å². The lowest BCUT2D eigenvalue weighted by Crippen LogP contribution is -2.41. The van der Waals surface area contributed by atoms with E-state index < -0.39 is 0 Å². The highest BCUT2D eigenvalue weighted by molar-refractivity contribution is 5.95. The molecule has 1 N–H and O–H groups in total. The summed E-state index contributed by atoms with van der Waals surface area (Å²) in [4.78, 5) is 28.2. The van der Waals surface area contributed by atoms with Gasteiger partial charge in [0.25, 0.3) is 0 Å². The second-order valence-corrected chi connectivity index (χ2v) is 7.39. The van der Waals surface area contributed by atoms with Gasteiger partial charge in [0.1, 0.15) is 0 Å². The van der Waals surface area contributed by atoms with E-state index in [-0.39, 0.29) is 18.4 Å². The van der Waals surface area contributed by atoms with E-state index in [1.54, 1.807) is 7.05 Å². The summed E-state index contributed by atoms with van der Waals surface area (Å²) in [5.74, 6) is -0.237. The van der Waals surface area contributed by atoms with Crippen LogP contribution in [0.25, 0.3) is 0 Å². The van der Waals surface area contributed by atoms with Gasteiger partial charge in [-0.3, -0.25) is 14.5 Å². The molecule has 150 valence electrons. The maximum absolute atomic E-state index is 12.4. The molecule has 0 heterocycles. The fourth-order valence-corrected chi connectivity index (χ4v) is 3.12. The molecule has 5 nitrogen and oxygen atoms in total. The Morgan fingerprint density at radius 2 is 1.54 bits per heavy atom. The van der Waals surface area contributed by atoms with Crippen LogP contribution in [-0.4, -0.2) is 55.3 Å². The number of amides is 2. The van der Waals surface area contributed by atoms with Crippen LogP contribution in [0.2, 0.25) is 0 Å². The Balaban J connectivity index is 1.74. The van der Waals surface area contributed by atoms with E-state index in [0.29, 0.717) is 6.54 Å². The van der Waals surface area contributed by atoms with Gasteiger partial charge in [-0.05, 0) is 57.0 Å². The van der Waals surface area contributed by atoms with Crippen molar-refractivity contribution in [2.45, 2.75) is 26.7 Å². The zero-order chi connectivity index (χ0) is 20.5. The topological polar surface area (TPSA) is 52.7 Å². The van der Waals surface area contributed by atoms with Crippen molar-refractivity contribution in [2.24, 2.45) is 0 Å². The van der Waals surface area contributed by atoms with Crippen molar-refractivity contribution in [3.8, 4) is 0 Å². The number of aryl methyl sites for hydroxylation is 3. The van der Waals surface area contributed by atoms with Gasteiger partial charge in [0.2, 0.25) is 11.8 Å². The normalized spacial score (nSPS) is 10.8. The molecule has 2 aromatic carbocycles. The Labute approximate surface area is 168 Å². The van der Waals surface area contributed by atoms with E-state index in [0.717, 1.165) is 36.2 Å². The van der Waals surface area contributed by atoms with Gasteiger partial charge in [0.15, 0.2) is 0 Å². The highest BCUT2D eigenvalue weighted by Crippen LogP contribution is 2.19. The smallest absolute Gasteiger partial charge is 0.243 e. The average molecular weight is 382 g/mol. The fraction of sp³-hybridized carbons (Fsp3) is 0.391. The number of hydrogen-bond donors (Lipinski definition) is 1. The number of para-hydroxylation sites is 1. The molecule has 2 amide bonds. The number of nitrogens with one attached hydrogen (secondary N) is 1. The highest BCUT2D eigenvalue weighted by Gasteiger charge is 2.16. The second kappa shape index (κ2) is 10.6. The van der Waals surface area contributed by atoms with Gasteiger partial charge in [-0.25, -0.2) is 0 Å². The number of benzene rings is 2. The first-order valence-corrected chi connectivity index (χ1v) is 9.69. The van der Waals surface area contributed by atoms with Crippen molar-refractivity contribution in [2.75, 3.05) is 39.0 Å². The number of anilines is 1. The maximum Gasteiger partial charge on any atom is 0.243 e. The summed E-state index contributed by atoms with van der Waals surface area (Å²) < 4.78 is 0. The molecule has 0 spiro atoms. The first kappa shape index (κ1) is 21.6. The molecule has 2 rings (SSSR count). The number of hydrogen-bond acceptors (Lipinski definition) is 3. The number of likely N-dealkylation sites (N-methyl/N-ethyl adjacent to an activating group) is 2. The Morgan fingerprint density at radius 3 is 2.18 bits per heavy atom. The van der Waals surface area contributed by atoms with Crippen molar-refractivity contribution in [3.05, 3.63) is 65.2 Å². The van der Waals surface area contributed by atoms with Gasteiger partial charge in [-0.15, -0.1) is 0 Å². The molecular weight excluding hydrogens is 350 g/mol. The van der Waals surface area contributed by atoms with Crippen molar-refractivity contribution >= 4 is 17.5 Å². The Morgan fingerprint density at radius 1 is 0.893 bits per heavy atom. The van der Waals surface area contributed by atoms with Gasteiger partial charge in [-0.1, -0.05) is 48.5 Å². The van der Waals surface area contributed by atoms with Crippen LogP contribution in [0.1, 0.15) is 23.1 Å². The van der Waals surface area contributed by atoms with Crippen LogP contribution in [0, 0.1) is 13.8 Å². The van der Waals surface area contributed by atoms with Crippen LogP contribution in [0.5, 0.6) is 0 Å². The maximum atomic E-state index is 12.4. The third-order valence-corrected chi connectivity index (χ3v) is 4.81. The predicted molar refractivity (Wildman–Crippen MR) is 114 cm³/mol. The summed E-state index contributed by atoms with van der Waals surface area (Å²) >= 11 is 0. The number of rotatable bonds is 9. The molecule has 0 aliphatic carbocycles. The summed E-state index contributed by atoms with van der Waals surface area (Å²) in [6.45, 7) is 5.11. The van der Waals surface area contributed by atoms with Crippen LogP contribution in [-0.2, 0) is 16.0 Å². The summed E-state index contributed by atoms with van der Waals surface area (Å²) in [5, 5.41) is 2.92. The minimum Gasteiger partial charge on any atom is -0.335 e. The van der Waals surface area contributed by atoms with E-state index in [2.05, 4.69) is 17.4 Å². The first-order chi connectivity index (χ1) is 13.4. The van der Waals surface area contributed by atoms with Crippen molar-refractivity contribution < 1.29 is 9.59 Å². The van der Waals surface area contributed by atoms with Gasteiger partial charge in [0.05, 0.1) is 13.1 Å². The minimum absolute atomic E-state index is 0.0461. The van der Waals surface area contributed by atoms with Crippen LogP contribution >= 0.6 is 0 Å². The lowest BCUT2D eigenvalue weighted by atomic mass is 10.1. The van der Waals surface area contributed by atoms with E-state index in [1.165, 1.54) is 10.5 Å². The Hall–Kier alpha value is -2.66. The first-order valence-electron chi connectivity index (χ1n) is 9.69. The van der Waals surface area contributed by atoms with E-state index in [4.69, 9.17) is 0 Å². The third-order valence-electron chi connectivity index (χ3n) is 4.81. The standard InChI is InChI=1S/C23H31N3O2/c1-18-10-8-11-19(2)23(18)24-21(27)16-26(4)22(28)17-25(3)15-9-14-20-12-6-5-7-13-20/h5-8,10-13H,9,14-17H2,1-4H3,(H,24,27). The zero-order valence-electron chi connectivity index (χ0n) is 17.4. The van der Waals surface area contributed by atoms with Gasteiger partial charge in [0, 0.05) is 12.7 Å². The number of nitrogens with zero attached hydrogens (tertiary/aromatic N) is 2. The van der Waals surface area contributed by atoms with Crippen LogP contribution in [0.15, 0.2) is 48.5 Å². The molecular formula is C23H31N3O2. The molecule has 0 aromatic heterocycles. The summed E-state index contributed by atoms with van der Waals surface area (Å²) in [7, 11) is 3.61. The van der Waals surface area contributed by atoms with Gasteiger partial charge in [-0.2, -0.15) is 0 Å². The van der Waals surface area contributed by atoms with Crippen molar-refractivity contribution in [1.29, 1.82) is 0 Å². The van der Waals surface area contributed by atoms with E-state index >= 15 is 0 Å². The minimum atomic E-state index is -0.181. The molecule has 0 atom stereocenters. The van der Waals surface area contributed by atoms with Crippen LogP contribution in [0.3, 0.4) is 0 Å².